The minimum absolute atomic E-state index is 0.0577. The van der Waals surface area contributed by atoms with Gasteiger partial charge in [-0.15, -0.1) is 0 Å². The molecule has 1 N–H and O–H groups in total. The lowest BCUT2D eigenvalue weighted by atomic mass is 10.2. The van der Waals surface area contributed by atoms with Crippen molar-refractivity contribution in [3.63, 3.8) is 0 Å². The van der Waals surface area contributed by atoms with Crippen LogP contribution in [0, 0.1) is 0 Å². The van der Waals surface area contributed by atoms with Crippen LogP contribution in [0.5, 0.6) is 0 Å². The van der Waals surface area contributed by atoms with Crippen LogP contribution in [0.1, 0.15) is 20.3 Å². The van der Waals surface area contributed by atoms with Crippen LogP contribution < -0.4 is 10.3 Å². The van der Waals surface area contributed by atoms with Crippen LogP contribution in [0.4, 0.5) is 0 Å². The lowest BCUT2D eigenvalue weighted by molar-refractivity contribution is -0.0679. The first-order chi connectivity index (χ1) is 14.2. The van der Waals surface area contributed by atoms with Crippen LogP contribution >= 0.6 is 23.2 Å². The fourth-order valence-corrected chi connectivity index (χ4v) is 4.75. The molecule has 1 aromatic heterocycles. The van der Waals surface area contributed by atoms with Gasteiger partial charge in [-0.05, 0) is 51.1 Å². The Hall–Kier alpha value is -1.49. The van der Waals surface area contributed by atoms with E-state index in [1.54, 1.807) is 0 Å². The van der Waals surface area contributed by atoms with Gasteiger partial charge in [-0.25, -0.2) is 13.1 Å². The summed E-state index contributed by atoms with van der Waals surface area (Å²) in [7, 11) is -3.66. The van der Waals surface area contributed by atoms with Gasteiger partial charge >= 0.3 is 0 Å². The molecule has 0 saturated carbocycles. The van der Waals surface area contributed by atoms with Crippen molar-refractivity contribution in [1.29, 1.82) is 0 Å². The highest BCUT2D eigenvalue weighted by molar-refractivity contribution is 7.89. The third-order valence-electron chi connectivity index (χ3n) is 4.71. The summed E-state index contributed by atoms with van der Waals surface area (Å²) in [6.07, 6.45) is 2.32. The van der Waals surface area contributed by atoms with Gasteiger partial charge in [0, 0.05) is 19.6 Å². The highest BCUT2D eigenvalue weighted by Gasteiger charge is 2.22. The van der Waals surface area contributed by atoms with Gasteiger partial charge < -0.3 is 4.74 Å². The smallest absolute Gasteiger partial charge is 0.291 e. The molecular weight excluding hydrogens is 451 g/mol. The van der Waals surface area contributed by atoms with Crippen LogP contribution in [-0.4, -0.2) is 61.5 Å². The van der Waals surface area contributed by atoms with E-state index in [1.165, 1.54) is 30.5 Å². The molecule has 3 rings (SSSR count). The number of rotatable bonds is 7. The average Bonchev–Trinajstić information content (AvgIpc) is 2.69. The molecule has 2 unspecified atom stereocenters. The molecule has 2 aromatic rings. The predicted octanol–water partition coefficient (Wildman–Crippen LogP) is 2.32. The summed E-state index contributed by atoms with van der Waals surface area (Å²) in [5.41, 5.74) is -0.197. The molecule has 2 heterocycles. The van der Waals surface area contributed by atoms with Crippen molar-refractivity contribution in [2.45, 2.75) is 37.4 Å². The number of hydrogen-bond acceptors (Lipinski definition) is 6. The van der Waals surface area contributed by atoms with Gasteiger partial charge in [0.1, 0.15) is 5.02 Å². The molecule has 164 valence electrons. The summed E-state index contributed by atoms with van der Waals surface area (Å²) in [6.45, 7) is 6.90. The molecule has 2 atom stereocenters. The molecule has 1 aromatic carbocycles. The Labute approximate surface area is 185 Å². The Balaban J connectivity index is 1.59. The summed E-state index contributed by atoms with van der Waals surface area (Å²) < 4.78 is 34.4. The van der Waals surface area contributed by atoms with E-state index in [0.29, 0.717) is 18.7 Å². The Morgan fingerprint density at radius 3 is 2.43 bits per heavy atom. The fourth-order valence-electron chi connectivity index (χ4n) is 3.42. The van der Waals surface area contributed by atoms with E-state index in [2.05, 4.69) is 14.7 Å². The standard InChI is InChI=1S/C19H24Cl2N4O4S/c1-13-11-24(12-14(2)29-13)9-3-8-23-30(27,28)16-6-4-15(5-7-16)25-19(26)18(21)17(20)10-22-25/h4-7,10,13-14,23H,3,8-9,11-12H2,1-2H3. The minimum atomic E-state index is -3.66. The van der Waals surface area contributed by atoms with E-state index in [9.17, 15) is 13.2 Å². The summed E-state index contributed by atoms with van der Waals surface area (Å²) in [6, 6.07) is 5.81. The largest absolute Gasteiger partial charge is 0.373 e. The summed E-state index contributed by atoms with van der Waals surface area (Å²) >= 11 is 11.6. The van der Waals surface area contributed by atoms with Crippen LogP contribution in [-0.2, 0) is 14.8 Å². The molecule has 0 radical (unpaired) electrons. The molecule has 11 heteroatoms. The van der Waals surface area contributed by atoms with E-state index in [-0.39, 0.29) is 27.1 Å². The molecule has 0 spiro atoms. The Morgan fingerprint density at radius 1 is 1.17 bits per heavy atom. The van der Waals surface area contributed by atoms with Crippen LogP contribution in [0.15, 0.2) is 40.2 Å². The summed E-state index contributed by atoms with van der Waals surface area (Å²) in [5.74, 6) is 0. The summed E-state index contributed by atoms with van der Waals surface area (Å²) in [5, 5.41) is 3.84. The number of sulfonamides is 1. The number of morpholine rings is 1. The highest BCUT2D eigenvalue weighted by Crippen LogP contribution is 2.17. The van der Waals surface area contributed by atoms with Gasteiger partial charge in [0.05, 0.1) is 34.0 Å². The molecule has 1 saturated heterocycles. The maximum absolute atomic E-state index is 12.5. The number of halogens is 2. The first-order valence-corrected chi connectivity index (χ1v) is 11.8. The van der Waals surface area contributed by atoms with E-state index in [4.69, 9.17) is 27.9 Å². The molecule has 8 nitrogen and oxygen atoms in total. The Kier molecular flexibility index (Phi) is 7.54. The monoisotopic (exact) mass is 474 g/mol. The van der Waals surface area contributed by atoms with Gasteiger partial charge in [-0.3, -0.25) is 9.69 Å². The zero-order chi connectivity index (χ0) is 21.9. The molecule has 1 aliphatic heterocycles. The van der Waals surface area contributed by atoms with Crippen molar-refractivity contribution >= 4 is 33.2 Å². The van der Waals surface area contributed by atoms with Crippen LogP contribution in [0.3, 0.4) is 0 Å². The Morgan fingerprint density at radius 2 is 1.80 bits per heavy atom. The molecule has 0 bridgehead atoms. The van der Waals surface area contributed by atoms with E-state index >= 15 is 0 Å². The van der Waals surface area contributed by atoms with Gasteiger partial charge in [0.2, 0.25) is 10.0 Å². The van der Waals surface area contributed by atoms with Crippen molar-refractivity contribution in [3.05, 3.63) is 50.9 Å². The molecule has 1 fully saturated rings. The Bertz CT molecular complexity index is 1030. The molecule has 0 aliphatic carbocycles. The average molecular weight is 475 g/mol. The third-order valence-corrected chi connectivity index (χ3v) is 6.93. The van der Waals surface area contributed by atoms with Crippen LogP contribution in [0.2, 0.25) is 10.0 Å². The number of aromatic nitrogens is 2. The lowest BCUT2D eigenvalue weighted by Gasteiger charge is -2.35. The van der Waals surface area contributed by atoms with E-state index in [0.717, 1.165) is 24.3 Å². The number of hydrogen-bond donors (Lipinski definition) is 1. The van der Waals surface area contributed by atoms with E-state index in [1.807, 2.05) is 13.8 Å². The highest BCUT2D eigenvalue weighted by atomic mass is 35.5. The maximum Gasteiger partial charge on any atom is 0.291 e. The zero-order valence-electron chi connectivity index (χ0n) is 16.7. The molecule has 1 aliphatic rings. The van der Waals surface area contributed by atoms with Crippen molar-refractivity contribution in [2.75, 3.05) is 26.2 Å². The zero-order valence-corrected chi connectivity index (χ0v) is 19.0. The first-order valence-electron chi connectivity index (χ1n) is 9.58. The van der Waals surface area contributed by atoms with Gasteiger partial charge in [-0.1, -0.05) is 23.2 Å². The minimum Gasteiger partial charge on any atom is -0.373 e. The lowest BCUT2D eigenvalue weighted by Crippen LogP contribution is -2.46. The number of benzene rings is 1. The third kappa shape index (κ3) is 5.60. The van der Waals surface area contributed by atoms with Gasteiger partial charge in [0.25, 0.3) is 5.56 Å². The predicted molar refractivity (Wildman–Crippen MR) is 116 cm³/mol. The van der Waals surface area contributed by atoms with Crippen LogP contribution in [0.25, 0.3) is 5.69 Å². The molecular formula is C19H24Cl2N4O4S. The van der Waals surface area contributed by atoms with Crippen molar-refractivity contribution in [1.82, 2.24) is 19.4 Å². The van der Waals surface area contributed by atoms with Gasteiger partial charge in [0.15, 0.2) is 0 Å². The van der Waals surface area contributed by atoms with E-state index < -0.39 is 15.6 Å². The normalized spacial score (nSPS) is 20.4. The second-order valence-corrected chi connectivity index (χ2v) is 9.84. The second kappa shape index (κ2) is 9.76. The number of nitrogens with zero attached hydrogens (tertiary/aromatic N) is 3. The maximum atomic E-state index is 12.5. The first kappa shape index (κ1) is 23.2. The topological polar surface area (TPSA) is 93.5 Å². The van der Waals surface area contributed by atoms with Crippen molar-refractivity contribution in [2.24, 2.45) is 0 Å². The SMILES string of the molecule is CC1CN(CCCNS(=O)(=O)c2ccc(-n3ncc(Cl)c(Cl)c3=O)cc2)CC(C)O1. The summed E-state index contributed by atoms with van der Waals surface area (Å²) in [4.78, 5) is 14.5. The van der Waals surface area contributed by atoms with Crippen molar-refractivity contribution in [3.8, 4) is 5.69 Å². The molecule has 0 amide bonds. The van der Waals surface area contributed by atoms with Gasteiger partial charge in [-0.2, -0.15) is 9.78 Å². The number of ether oxygens (including phenoxy) is 1. The second-order valence-electron chi connectivity index (χ2n) is 7.29. The molecule has 30 heavy (non-hydrogen) atoms. The number of nitrogens with one attached hydrogen (secondary N) is 1. The quantitative estimate of drug-likeness (QED) is 0.618. The van der Waals surface area contributed by atoms with Crippen molar-refractivity contribution < 1.29 is 13.2 Å². The fraction of sp³-hybridized carbons (Fsp3) is 0.474.